The van der Waals surface area contributed by atoms with Crippen LogP contribution in [0.5, 0.6) is 0 Å². The van der Waals surface area contributed by atoms with Crippen LogP contribution in [0.3, 0.4) is 0 Å². The molecule has 0 unspecified atom stereocenters. The van der Waals surface area contributed by atoms with E-state index in [0.717, 1.165) is 23.7 Å². The number of fused-ring (bicyclic) bond motifs is 6. The van der Waals surface area contributed by atoms with Crippen molar-refractivity contribution in [3.63, 3.8) is 0 Å². The summed E-state index contributed by atoms with van der Waals surface area (Å²) >= 11 is 7.84. The molecule has 4 aromatic heterocycles. The molecule has 0 aliphatic heterocycles. The Balaban J connectivity index is 0.783. The van der Waals surface area contributed by atoms with E-state index in [1.165, 1.54) is 135 Å². The van der Waals surface area contributed by atoms with Gasteiger partial charge in [-0.15, -0.1) is 45.3 Å². The van der Waals surface area contributed by atoms with Crippen molar-refractivity contribution in [1.29, 1.82) is 0 Å². The lowest BCUT2D eigenvalue weighted by atomic mass is 9.38. The highest BCUT2D eigenvalue weighted by atomic mass is 32.1. The molecule has 0 N–H and O–H groups in total. The van der Waals surface area contributed by atoms with Gasteiger partial charge in [0, 0.05) is 49.8 Å². The standard InChI is InChI=1S/C64H56S4/c1-33-5-17-57(65-33)37-9-13-49-50-14-10-38(58-18-6-34(2)66-58)30-54(50)63(53(49)29-37)45-21-41-22-46(63)24-42(23-45)61(41)62-43-25-47-27-44(62)28-48(26-43)64(47)55-31-39(59-19-7-35(3)67-59)11-15-51(55)52-16-12-40(32-56(52)64)60-20-8-36(4)68-60/h5-20,29-32,41-48H,21-28H2,1-4H3. The summed E-state index contributed by atoms with van der Waals surface area (Å²) < 4.78 is 0. The lowest BCUT2D eigenvalue weighted by molar-refractivity contribution is -0.0231. The number of hydrogen-bond donors (Lipinski definition) is 0. The number of hydrogen-bond acceptors (Lipinski definition) is 4. The fraction of sp³-hybridized carbons (Fsp3) is 0.344. The Kier molecular flexibility index (Phi) is 8.31. The number of thiophene rings is 4. The van der Waals surface area contributed by atoms with Crippen LogP contribution in [0.25, 0.3) is 64.0 Å². The van der Waals surface area contributed by atoms with Crippen molar-refractivity contribution in [2.24, 2.45) is 47.3 Å². The van der Waals surface area contributed by atoms with Gasteiger partial charge in [0.1, 0.15) is 0 Å². The van der Waals surface area contributed by atoms with Gasteiger partial charge in [0.15, 0.2) is 0 Å². The molecule has 4 aromatic carbocycles. The van der Waals surface area contributed by atoms with Crippen molar-refractivity contribution in [1.82, 2.24) is 0 Å². The Bertz CT molecular complexity index is 3020. The molecule has 10 aliphatic rings. The van der Waals surface area contributed by atoms with Crippen molar-refractivity contribution in [3.05, 3.63) is 174 Å². The summed E-state index contributed by atoms with van der Waals surface area (Å²) in [5.74, 6) is 5.87. The summed E-state index contributed by atoms with van der Waals surface area (Å²) in [6, 6.07) is 49.3. The van der Waals surface area contributed by atoms with E-state index in [1.54, 1.807) is 22.3 Å². The zero-order valence-corrected chi connectivity index (χ0v) is 42.7. The third-order valence-corrected chi connectivity index (χ3v) is 24.0. The zero-order chi connectivity index (χ0) is 44.9. The molecule has 0 atom stereocenters. The van der Waals surface area contributed by atoms with Crippen LogP contribution in [-0.2, 0) is 10.8 Å². The third kappa shape index (κ3) is 5.21. The van der Waals surface area contributed by atoms with Crippen LogP contribution in [0.4, 0.5) is 0 Å². The van der Waals surface area contributed by atoms with Crippen molar-refractivity contribution in [3.8, 4) is 64.0 Å². The van der Waals surface area contributed by atoms with E-state index >= 15 is 0 Å². The summed E-state index contributed by atoms with van der Waals surface area (Å²) in [6.07, 6.45) is 11.0. The van der Waals surface area contributed by atoms with E-state index < -0.39 is 0 Å². The monoisotopic (exact) mass is 952 g/mol. The predicted octanol–water partition coefficient (Wildman–Crippen LogP) is 18.5. The van der Waals surface area contributed by atoms with Gasteiger partial charge in [-0.05, 0) is 266 Å². The lowest BCUT2D eigenvalue weighted by Crippen LogP contribution is -2.59. The number of rotatable bonds is 4. The van der Waals surface area contributed by atoms with Crippen LogP contribution in [0.15, 0.2) is 132 Å². The molecule has 0 amide bonds. The molecule has 8 bridgehead atoms. The SMILES string of the molecule is Cc1ccc(-c2ccc3c(c2)C2(c4cc(-c5ccc(C)s5)ccc4-3)C3CC4CC2CC(C3)C4=C2C3CC4CC2CC(C3)C42c3cc(-c4ccc(C)s4)ccc3-c3ccc(-c4ccc(C)s4)cc32)s1. The minimum absolute atomic E-state index is 0.111. The van der Waals surface area contributed by atoms with Crippen molar-refractivity contribution in [2.75, 3.05) is 0 Å². The number of benzene rings is 4. The molecule has 336 valence electrons. The zero-order valence-electron chi connectivity index (χ0n) is 39.5. The van der Waals surface area contributed by atoms with Crippen LogP contribution < -0.4 is 0 Å². The normalized spacial score (nSPS) is 27.7. The van der Waals surface area contributed by atoms with Crippen LogP contribution >= 0.6 is 45.3 Å². The smallest absolute Gasteiger partial charge is 0.0345 e. The van der Waals surface area contributed by atoms with Gasteiger partial charge in [0.2, 0.25) is 0 Å². The molecule has 0 nitrogen and oxygen atoms in total. The maximum Gasteiger partial charge on any atom is 0.0345 e. The van der Waals surface area contributed by atoms with E-state index in [2.05, 4.69) is 149 Å². The predicted molar refractivity (Wildman–Crippen MR) is 289 cm³/mol. The lowest BCUT2D eigenvalue weighted by Gasteiger charge is -2.66. The average Bonchev–Trinajstić information content (AvgIpc) is 4.22. The first-order valence-corrected chi connectivity index (χ1v) is 29.1. The molecular formula is C64H56S4. The molecule has 2 spiro atoms. The van der Waals surface area contributed by atoms with Gasteiger partial charge in [-0.1, -0.05) is 59.7 Å². The first-order valence-electron chi connectivity index (χ1n) is 25.8. The number of aryl methyl sites for hydroxylation is 4. The second kappa shape index (κ2) is 14.1. The fourth-order valence-electron chi connectivity index (χ4n) is 17.8. The highest BCUT2D eigenvalue weighted by molar-refractivity contribution is 7.16. The minimum Gasteiger partial charge on any atom is -0.141 e. The Morgan fingerprint density at radius 2 is 0.544 bits per heavy atom. The second-order valence-electron chi connectivity index (χ2n) is 22.8. The highest BCUT2D eigenvalue weighted by Gasteiger charge is 2.67. The molecule has 8 saturated carbocycles. The molecule has 68 heavy (non-hydrogen) atoms. The fourth-order valence-corrected chi connectivity index (χ4v) is 21.3. The van der Waals surface area contributed by atoms with Gasteiger partial charge in [0.25, 0.3) is 0 Å². The van der Waals surface area contributed by atoms with Crippen molar-refractivity contribution >= 4 is 45.3 Å². The largest absolute Gasteiger partial charge is 0.141 e. The van der Waals surface area contributed by atoms with Gasteiger partial charge in [-0.25, -0.2) is 0 Å². The Morgan fingerprint density at radius 3 is 0.750 bits per heavy atom. The Labute approximate surface area is 417 Å². The van der Waals surface area contributed by atoms with Crippen LogP contribution in [-0.4, -0.2) is 0 Å². The van der Waals surface area contributed by atoms with E-state index in [-0.39, 0.29) is 10.8 Å². The van der Waals surface area contributed by atoms with Crippen LogP contribution in [0, 0.1) is 75.0 Å². The summed E-state index contributed by atoms with van der Waals surface area (Å²) in [7, 11) is 0. The van der Waals surface area contributed by atoms with E-state index in [9.17, 15) is 0 Å². The highest BCUT2D eigenvalue weighted by Crippen LogP contribution is 2.75. The van der Waals surface area contributed by atoms with Gasteiger partial charge in [0.05, 0.1) is 0 Å². The third-order valence-electron chi connectivity index (χ3n) is 19.8. The first-order chi connectivity index (χ1) is 33.2. The molecule has 18 rings (SSSR count). The maximum absolute atomic E-state index is 2.69. The van der Waals surface area contributed by atoms with Gasteiger partial charge in [-0.3, -0.25) is 0 Å². The summed E-state index contributed by atoms with van der Waals surface area (Å²) in [4.78, 5) is 11.3. The molecule has 10 aliphatic carbocycles. The van der Waals surface area contributed by atoms with Crippen molar-refractivity contribution < 1.29 is 0 Å². The Morgan fingerprint density at radius 1 is 0.309 bits per heavy atom. The second-order valence-corrected chi connectivity index (χ2v) is 27.9. The van der Waals surface area contributed by atoms with Crippen molar-refractivity contribution in [2.45, 2.75) is 89.9 Å². The van der Waals surface area contributed by atoms with Gasteiger partial charge in [-0.2, -0.15) is 0 Å². The first kappa shape index (κ1) is 40.2. The minimum atomic E-state index is 0.111. The molecule has 8 fully saturated rings. The molecule has 8 aromatic rings. The maximum atomic E-state index is 2.69. The molecule has 4 heterocycles. The van der Waals surface area contributed by atoms with E-state index in [4.69, 9.17) is 0 Å². The van der Waals surface area contributed by atoms with Gasteiger partial charge < -0.3 is 0 Å². The van der Waals surface area contributed by atoms with E-state index in [1.807, 2.05) is 56.5 Å². The Hall–Kier alpha value is -4.58. The molecule has 0 saturated heterocycles. The quantitative estimate of drug-likeness (QED) is 0.154. The molecule has 4 heteroatoms. The summed E-state index contributed by atoms with van der Waals surface area (Å²) in [5.41, 5.74) is 22.8. The summed E-state index contributed by atoms with van der Waals surface area (Å²) in [5, 5.41) is 0. The van der Waals surface area contributed by atoms with Gasteiger partial charge >= 0.3 is 0 Å². The number of allylic oxidation sites excluding steroid dienone is 2. The summed E-state index contributed by atoms with van der Waals surface area (Å²) in [6.45, 7) is 9.04. The van der Waals surface area contributed by atoms with E-state index in [0.29, 0.717) is 23.7 Å². The van der Waals surface area contributed by atoms with Crippen LogP contribution in [0.1, 0.15) is 93.1 Å². The molecule has 0 radical (unpaired) electrons. The topological polar surface area (TPSA) is 0 Å². The molecular weight excluding hydrogens is 897 g/mol. The van der Waals surface area contributed by atoms with Crippen LogP contribution in [0.2, 0.25) is 0 Å². The average molecular weight is 953 g/mol.